The molecule has 6 nitrogen and oxygen atoms in total. The highest BCUT2D eigenvalue weighted by Gasteiger charge is 2.19. The fourth-order valence-electron chi connectivity index (χ4n) is 2.75. The summed E-state index contributed by atoms with van der Waals surface area (Å²) in [5.74, 6) is 0.611. The highest BCUT2D eigenvalue weighted by atomic mass is 16.5. The molecule has 1 atom stereocenters. The molecule has 1 N–H and O–H groups in total. The molecule has 24 heavy (non-hydrogen) atoms. The van der Waals surface area contributed by atoms with Crippen LogP contribution in [-0.2, 0) is 11.3 Å². The van der Waals surface area contributed by atoms with E-state index in [0.29, 0.717) is 24.5 Å². The first-order chi connectivity index (χ1) is 11.6. The molecule has 2 heterocycles. The highest BCUT2D eigenvalue weighted by molar-refractivity contribution is 6.03. The van der Waals surface area contributed by atoms with Crippen molar-refractivity contribution in [1.29, 1.82) is 0 Å². The average molecular weight is 329 g/mol. The molecule has 3 rings (SSSR count). The molecule has 1 amide bonds. The fraction of sp³-hybridized carbons (Fsp3) is 0.444. The summed E-state index contributed by atoms with van der Waals surface area (Å²) in [7, 11) is 0. The van der Waals surface area contributed by atoms with Crippen molar-refractivity contribution in [2.75, 3.05) is 18.5 Å². The van der Waals surface area contributed by atoms with Crippen molar-refractivity contribution in [1.82, 2.24) is 9.78 Å². The van der Waals surface area contributed by atoms with E-state index in [1.807, 2.05) is 39.0 Å². The second kappa shape index (κ2) is 7.05. The molecule has 1 aliphatic heterocycles. The molecular weight excluding hydrogens is 306 g/mol. The van der Waals surface area contributed by atoms with Gasteiger partial charge < -0.3 is 14.8 Å². The lowest BCUT2D eigenvalue weighted by atomic mass is 10.2. The predicted molar refractivity (Wildman–Crippen MR) is 91.6 cm³/mol. The van der Waals surface area contributed by atoms with Crippen LogP contribution in [0.15, 0.2) is 24.3 Å². The molecule has 2 aromatic rings. The molecule has 1 unspecified atom stereocenters. The normalized spacial score (nSPS) is 17.0. The van der Waals surface area contributed by atoms with Gasteiger partial charge in [-0.25, -0.2) is 0 Å². The van der Waals surface area contributed by atoms with E-state index in [-0.39, 0.29) is 12.0 Å². The molecule has 1 aliphatic rings. The van der Waals surface area contributed by atoms with Gasteiger partial charge in [0, 0.05) is 24.7 Å². The Labute approximate surface area is 141 Å². The zero-order valence-corrected chi connectivity index (χ0v) is 14.3. The van der Waals surface area contributed by atoms with Crippen LogP contribution in [0.1, 0.15) is 35.1 Å². The molecule has 1 aromatic heterocycles. The van der Waals surface area contributed by atoms with E-state index < -0.39 is 0 Å². The van der Waals surface area contributed by atoms with Gasteiger partial charge in [-0.1, -0.05) is 6.07 Å². The van der Waals surface area contributed by atoms with E-state index in [0.717, 1.165) is 30.0 Å². The second-order valence-electron chi connectivity index (χ2n) is 6.02. The minimum absolute atomic E-state index is 0.0822. The summed E-state index contributed by atoms with van der Waals surface area (Å²) in [6.45, 7) is 7.84. The Morgan fingerprint density at radius 1 is 1.42 bits per heavy atom. The van der Waals surface area contributed by atoms with Crippen LogP contribution in [0.3, 0.4) is 0 Å². The number of hydrogen-bond donors (Lipinski definition) is 1. The largest absolute Gasteiger partial charge is 0.488 e. The first-order valence-corrected chi connectivity index (χ1v) is 8.27. The first kappa shape index (κ1) is 16.5. The summed E-state index contributed by atoms with van der Waals surface area (Å²) < 4.78 is 13.0. The minimum Gasteiger partial charge on any atom is -0.488 e. The number of aromatic nitrogens is 2. The minimum atomic E-state index is -0.170. The number of ether oxygens (including phenoxy) is 2. The molecule has 0 radical (unpaired) electrons. The maximum atomic E-state index is 12.5. The number of carbonyl (C=O) groups is 1. The Kier molecular flexibility index (Phi) is 4.85. The van der Waals surface area contributed by atoms with Crippen molar-refractivity contribution in [3.8, 4) is 5.75 Å². The van der Waals surface area contributed by atoms with Crippen LogP contribution in [0.25, 0.3) is 0 Å². The van der Waals surface area contributed by atoms with Crippen molar-refractivity contribution >= 4 is 11.6 Å². The molecule has 0 aliphatic carbocycles. The van der Waals surface area contributed by atoms with Crippen molar-refractivity contribution in [2.24, 2.45) is 0 Å². The zero-order chi connectivity index (χ0) is 17.1. The van der Waals surface area contributed by atoms with Crippen LogP contribution in [0.4, 0.5) is 5.69 Å². The van der Waals surface area contributed by atoms with Crippen molar-refractivity contribution in [3.63, 3.8) is 0 Å². The number of hydrogen-bond acceptors (Lipinski definition) is 4. The topological polar surface area (TPSA) is 65.4 Å². The number of rotatable bonds is 5. The van der Waals surface area contributed by atoms with Crippen LogP contribution in [0, 0.1) is 13.8 Å². The molecular formula is C18H23N3O3. The van der Waals surface area contributed by atoms with E-state index in [9.17, 15) is 4.79 Å². The Balaban J connectivity index is 1.75. The number of carbonyl (C=O) groups excluding carboxylic acids is 1. The van der Waals surface area contributed by atoms with Crippen LogP contribution in [-0.4, -0.2) is 35.0 Å². The maximum absolute atomic E-state index is 12.5. The van der Waals surface area contributed by atoms with Gasteiger partial charge in [-0.05, 0) is 38.5 Å². The van der Waals surface area contributed by atoms with Gasteiger partial charge in [0.2, 0.25) is 0 Å². The zero-order valence-electron chi connectivity index (χ0n) is 14.3. The number of amides is 1. The number of nitrogens with one attached hydrogen (secondary N) is 1. The monoisotopic (exact) mass is 329 g/mol. The molecule has 0 bridgehead atoms. The number of aryl methyl sites for hydroxylation is 3. The third-order valence-electron chi connectivity index (χ3n) is 4.06. The molecule has 6 heteroatoms. The number of benzene rings is 1. The van der Waals surface area contributed by atoms with Crippen LogP contribution < -0.4 is 10.1 Å². The second-order valence-corrected chi connectivity index (χ2v) is 6.02. The first-order valence-electron chi connectivity index (χ1n) is 8.27. The van der Waals surface area contributed by atoms with Gasteiger partial charge in [0.05, 0.1) is 18.9 Å². The van der Waals surface area contributed by atoms with Gasteiger partial charge in [0.1, 0.15) is 17.5 Å². The quantitative estimate of drug-likeness (QED) is 0.916. The van der Waals surface area contributed by atoms with Gasteiger partial charge in [-0.15, -0.1) is 0 Å². The smallest absolute Gasteiger partial charge is 0.273 e. The lowest BCUT2D eigenvalue weighted by Crippen LogP contribution is -2.18. The summed E-state index contributed by atoms with van der Waals surface area (Å²) in [5, 5.41) is 7.24. The van der Waals surface area contributed by atoms with Crippen molar-refractivity contribution in [3.05, 3.63) is 41.2 Å². The van der Waals surface area contributed by atoms with Gasteiger partial charge in [0.15, 0.2) is 0 Å². The maximum Gasteiger partial charge on any atom is 0.273 e. The van der Waals surface area contributed by atoms with Crippen molar-refractivity contribution in [2.45, 2.75) is 39.8 Å². The summed E-state index contributed by atoms with van der Waals surface area (Å²) in [4.78, 5) is 12.5. The Morgan fingerprint density at radius 3 is 2.96 bits per heavy atom. The fourth-order valence-corrected chi connectivity index (χ4v) is 2.75. The van der Waals surface area contributed by atoms with Gasteiger partial charge in [-0.3, -0.25) is 9.48 Å². The van der Waals surface area contributed by atoms with E-state index in [4.69, 9.17) is 9.47 Å². The van der Waals surface area contributed by atoms with E-state index in [1.165, 1.54) is 0 Å². The molecule has 1 fully saturated rings. The molecule has 1 aromatic carbocycles. The molecule has 0 saturated carbocycles. The average Bonchev–Trinajstić information content (AvgIpc) is 3.19. The Bertz CT molecular complexity index is 733. The Morgan fingerprint density at radius 2 is 2.25 bits per heavy atom. The van der Waals surface area contributed by atoms with Crippen LogP contribution in [0.5, 0.6) is 5.75 Å². The van der Waals surface area contributed by atoms with Gasteiger partial charge >= 0.3 is 0 Å². The summed E-state index contributed by atoms with van der Waals surface area (Å²) in [6.07, 6.45) is 0.976. The summed E-state index contributed by atoms with van der Waals surface area (Å²) in [6, 6.07) is 7.49. The number of anilines is 1. The summed E-state index contributed by atoms with van der Waals surface area (Å²) in [5.41, 5.74) is 3.13. The van der Waals surface area contributed by atoms with E-state index >= 15 is 0 Å². The SMILES string of the molecule is CCn1nc(C)cc1C(=O)Nc1ccc(C)c(OC2CCOC2)c1. The molecule has 0 spiro atoms. The lowest BCUT2D eigenvalue weighted by molar-refractivity contribution is 0.101. The van der Waals surface area contributed by atoms with Crippen molar-refractivity contribution < 1.29 is 14.3 Å². The van der Waals surface area contributed by atoms with Gasteiger partial charge in [-0.2, -0.15) is 5.10 Å². The van der Waals surface area contributed by atoms with Crippen LogP contribution in [0.2, 0.25) is 0 Å². The third-order valence-corrected chi connectivity index (χ3v) is 4.06. The third kappa shape index (κ3) is 3.59. The molecule has 1 saturated heterocycles. The molecule has 128 valence electrons. The predicted octanol–water partition coefficient (Wildman–Crippen LogP) is 2.94. The van der Waals surface area contributed by atoms with Gasteiger partial charge in [0.25, 0.3) is 5.91 Å². The van der Waals surface area contributed by atoms with Crippen LogP contribution >= 0.6 is 0 Å². The highest BCUT2D eigenvalue weighted by Crippen LogP contribution is 2.26. The number of nitrogens with zero attached hydrogens (tertiary/aromatic N) is 2. The van der Waals surface area contributed by atoms with E-state index in [2.05, 4.69) is 10.4 Å². The summed E-state index contributed by atoms with van der Waals surface area (Å²) >= 11 is 0. The standard InChI is InChI=1S/C18H23N3O3/c1-4-21-16(9-13(3)20-21)18(22)19-14-6-5-12(2)17(10-14)24-15-7-8-23-11-15/h5-6,9-10,15H,4,7-8,11H2,1-3H3,(H,19,22). The van der Waals surface area contributed by atoms with E-state index in [1.54, 1.807) is 10.7 Å². The Hall–Kier alpha value is -2.34. The lowest BCUT2D eigenvalue weighted by Gasteiger charge is -2.15.